The van der Waals surface area contributed by atoms with E-state index in [1.807, 2.05) is 24.3 Å². The molecule has 0 amide bonds. The minimum absolute atomic E-state index is 0.0135. The molecule has 2 aromatic carbocycles. The van der Waals surface area contributed by atoms with E-state index in [1.165, 1.54) is 11.1 Å². The zero-order chi connectivity index (χ0) is 15.4. The van der Waals surface area contributed by atoms with Crippen LogP contribution in [0.1, 0.15) is 27.8 Å². The molecule has 0 aliphatic rings. The lowest BCUT2D eigenvalue weighted by molar-refractivity contribution is 0.278. The Kier molecular flexibility index (Phi) is 4.86. The van der Waals surface area contributed by atoms with Crippen LogP contribution in [0.4, 0.5) is 0 Å². The van der Waals surface area contributed by atoms with E-state index in [0.717, 1.165) is 28.2 Å². The van der Waals surface area contributed by atoms with Crippen LogP contribution in [0.5, 0.6) is 11.5 Å². The van der Waals surface area contributed by atoms with Gasteiger partial charge in [-0.2, -0.15) is 0 Å². The van der Waals surface area contributed by atoms with Crippen molar-refractivity contribution in [2.45, 2.75) is 34.0 Å². The average molecular weight is 286 g/mol. The van der Waals surface area contributed by atoms with Crippen LogP contribution in [0.2, 0.25) is 0 Å². The van der Waals surface area contributed by atoms with Crippen LogP contribution in [0.3, 0.4) is 0 Å². The van der Waals surface area contributed by atoms with Crippen LogP contribution < -0.4 is 9.47 Å². The summed E-state index contributed by atoms with van der Waals surface area (Å²) in [7, 11) is 1.64. The van der Waals surface area contributed by atoms with Gasteiger partial charge in [0.1, 0.15) is 18.1 Å². The van der Waals surface area contributed by atoms with Crippen LogP contribution in [0.25, 0.3) is 0 Å². The Morgan fingerprint density at radius 3 is 2.43 bits per heavy atom. The van der Waals surface area contributed by atoms with Gasteiger partial charge in [-0.25, -0.2) is 0 Å². The van der Waals surface area contributed by atoms with Crippen molar-refractivity contribution in [2.24, 2.45) is 0 Å². The summed E-state index contributed by atoms with van der Waals surface area (Å²) < 4.78 is 11.3. The molecular weight excluding hydrogens is 264 g/mol. The van der Waals surface area contributed by atoms with Crippen molar-refractivity contribution in [3.05, 3.63) is 58.1 Å². The normalized spacial score (nSPS) is 10.5. The predicted molar refractivity (Wildman–Crippen MR) is 83.9 cm³/mol. The molecule has 0 aromatic heterocycles. The third-order valence-corrected chi connectivity index (χ3v) is 3.67. The standard InChI is InChI=1S/C18H22O3/c1-12-7-13(2)14(3)18(8-12)21-11-16-9-15(10-19)5-6-17(16)20-4/h5-9,19H,10-11H2,1-4H3. The number of methoxy groups -OCH3 is 1. The maximum absolute atomic E-state index is 9.25. The third-order valence-electron chi connectivity index (χ3n) is 3.67. The lowest BCUT2D eigenvalue weighted by atomic mass is 10.1. The zero-order valence-electron chi connectivity index (χ0n) is 13.1. The van der Waals surface area contributed by atoms with Crippen LogP contribution in [-0.4, -0.2) is 12.2 Å². The quantitative estimate of drug-likeness (QED) is 0.911. The highest BCUT2D eigenvalue weighted by molar-refractivity contribution is 5.43. The molecule has 112 valence electrons. The summed E-state index contributed by atoms with van der Waals surface area (Å²) >= 11 is 0. The average Bonchev–Trinajstić information content (AvgIpc) is 2.49. The Morgan fingerprint density at radius 2 is 1.76 bits per heavy atom. The summed E-state index contributed by atoms with van der Waals surface area (Å²) in [4.78, 5) is 0. The maximum atomic E-state index is 9.25. The molecule has 0 heterocycles. The van der Waals surface area contributed by atoms with E-state index in [9.17, 15) is 5.11 Å². The lowest BCUT2D eigenvalue weighted by Crippen LogP contribution is -2.02. The lowest BCUT2D eigenvalue weighted by Gasteiger charge is -2.14. The number of hydrogen-bond acceptors (Lipinski definition) is 3. The number of hydrogen-bond donors (Lipinski definition) is 1. The molecule has 0 aliphatic heterocycles. The minimum Gasteiger partial charge on any atom is -0.496 e. The largest absolute Gasteiger partial charge is 0.496 e. The van der Waals surface area contributed by atoms with E-state index >= 15 is 0 Å². The van der Waals surface area contributed by atoms with E-state index in [1.54, 1.807) is 7.11 Å². The predicted octanol–water partition coefficient (Wildman–Crippen LogP) is 3.69. The Morgan fingerprint density at radius 1 is 1.00 bits per heavy atom. The fourth-order valence-corrected chi connectivity index (χ4v) is 2.35. The molecule has 0 spiro atoms. The van der Waals surface area contributed by atoms with Crippen molar-refractivity contribution in [2.75, 3.05) is 7.11 Å². The van der Waals surface area contributed by atoms with Crippen molar-refractivity contribution in [3.8, 4) is 11.5 Å². The summed E-state index contributed by atoms with van der Waals surface area (Å²) in [5.41, 5.74) is 5.34. The second-order valence-corrected chi connectivity index (χ2v) is 5.30. The fourth-order valence-electron chi connectivity index (χ4n) is 2.35. The molecule has 0 fully saturated rings. The van der Waals surface area contributed by atoms with Gasteiger partial charge in [0, 0.05) is 5.56 Å². The first-order valence-corrected chi connectivity index (χ1v) is 7.02. The smallest absolute Gasteiger partial charge is 0.125 e. The Labute approximate surface area is 126 Å². The summed E-state index contributed by atoms with van der Waals surface area (Å²) in [5, 5.41) is 9.25. The summed E-state index contributed by atoms with van der Waals surface area (Å²) in [6, 6.07) is 9.82. The molecule has 2 rings (SSSR count). The van der Waals surface area contributed by atoms with Gasteiger partial charge in [0.05, 0.1) is 13.7 Å². The monoisotopic (exact) mass is 286 g/mol. The van der Waals surface area contributed by atoms with Gasteiger partial charge in [0.25, 0.3) is 0 Å². The Hall–Kier alpha value is -2.00. The van der Waals surface area contributed by atoms with Gasteiger partial charge in [-0.1, -0.05) is 12.1 Å². The van der Waals surface area contributed by atoms with Crippen molar-refractivity contribution < 1.29 is 14.6 Å². The molecule has 1 N–H and O–H groups in total. The molecule has 0 unspecified atom stereocenters. The van der Waals surface area contributed by atoms with Gasteiger partial charge in [-0.05, 0) is 61.2 Å². The van der Waals surface area contributed by atoms with Crippen molar-refractivity contribution in [1.29, 1.82) is 0 Å². The molecule has 3 nitrogen and oxygen atoms in total. The van der Waals surface area contributed by atoms with Crippen molar-refractivity contribution >= 4 is 0 Å². The molecule has 2 aromatic rings. The number of aryl methyl sites for hydroxylation is 2. The molecule has 21 heavy (non-hydrogen) atoms. The van der Waals surface area contributed by atoms with E-state index < -0.39 is 0 Å². The summed E-state index contributed by atoms with van der Waals surface area (Å²) in [6.45, 7) is 6.64. The van der Waals surface area contributed by atoms with E-state index in [-0.39, 0.29) is 6.61 Å². The topological polar surface area (TPSA) is 38.7 Å². The van der Waals surface area contributed by atoms with Crippen LogP contribution in [-0.2, 0) is 13.2 Å². The number of aliphatic hydroxyl groups excluding tert-OH is 1. The number of aliphatic hydroxyl groups is 1. The third kappa shape index (κ3) is 3.56. The molecule has 0 saturated heterocycles. The van der Waals surface area contributed by atoms with Crippen molar-refractivity contribution in [3.63, 3.8) is 0 Å². The van der Waals surface area contributed by atoms with Gasteiger partial charge in [-0.15, -0.1) is 0 Å². The van der Waals surface area contributed by atoms with E-state index in [0.29, 0.717) is 6.61 Å². The molecule has 0 radical (unpaired) electrons. The van der Waals surface area contributed by atoms with Gasteiger partial charge in [0.2, 0.25) is 0 Å². The van der Waals surface area contributed by atoms with Gasteiger partial charge < -0.3 is 14.6 Å². The van der Waals surface area contributed by atoms with Crippen LogP contribution >= 0.6 is 0 Å². The first kappa shape index (κ1) is 15.4. The fraction of sp³-hybridized carbons (Fsp3) is 0.333. The van der Waals surface area contributed by atoms with Gasteiger partial charge in [-0.3, -0.25) is 0 Å². The van der Waals surface area contributed by atoms with Crippen molar-refractivity contribution in [1.82, 2.24) is 0 Å². The maximum Gasteiger partial charge on any atom is 0.125 e. The molecule has 0 bridgehead atoms. The highest BCUT2D eigenvalue weighted by Gasteiger charge is 2.08. The molecule has 0 saturated carbocycles. The van der Waals surface area contributed by atoms with Crippen LogP contribution in [0.15, 0.2) is 30.3 Å². The number of benzene rings is 2. The first-order valence-electron chi connectivity index (χ1n) is 7.02. The SMILES string of the molecule is COc1ccc(CO)cc1COc1cc(C)cc(C)c1C. The molecular formula is C18H22O3. The Bertz CT molecular complexity index is 633. The molecule has 0 atom stereocenters. The van der Waals surface area contributed by atoms with Gasteiger partial charge in [0.15, 0.2) is 0 Å². The minimum atomic E-state index is 0.0135. The summed E-state index contributed by atoms with van der Waals surface area (Å²) in [5.74, 6) is 1.66. The second-order valence-electron chi connectivity index (χ2n) is 5.30. The van der Waals surface area contributed by atoms with Crippen LogP contribution in [0, 0.1) is 20.8 Å². The highest BCUT2D eigenvalue weighted by Crippen LogP contribution is 2.26. The number of rotatable bonds is 5. The second kappa shape index (κ2) is 6.64. The molecule has 0 aliphatic carbocycles. The van der Waals surface area contributed by atoms with E-state index in [2.05, 4.69) is 26.8 Å². The van der Waals surface area contributed by atoms with E-state index in [4.69, 9.17) is 9.47 Å². The number of ether oxygens (including phenoxy) is 2. The highest BCUT2D eigenvalue weighted by atomic mass is 16.5. The van der Waals surface area contributed by atoms with Gasteiger partial charge >= 0.3 is 0 Å². The summed E-state index contributed by atoms with van der Waals surface area (Å²) in [6.07, 6.45) is 0. The zero-order valence-corrected chi connectivity index (χ0v) is 13.1. The molecule has 3 heteroatoms. The Balaban J connectivity index is 2.23. The first-order chi connectivity index (χ1) is 10.0.